The predicted molar refractivity (Wildman–Crippen MR) is 56.1 cm³/mol. The van der Waals surface area contributed by atoms with Gasteiger partial charge in [0, 0.05) is 37.9 Å². The van der Waals surface area contributed by atoms with Crippen LogP contribution >= 0.6 is 0 Å². The summed E-state index contributed by atoms with van der Waals surface area (Å²) in [5.41, 5.74) is 5.84. The topological polar surface area (TPSA) is 67.5 Å². The quantitative estimate of drug-likeness (QED) is 0.580. The van der Waals surface area contributed by atoms with Crippen LogP contribution in [-0.2, 0) is 4.74 Å². The van der Waals surface area contributed by atoms with Crippen LogP contribution in [0, 0.1) is 0 Å². The number of hydrogen-bond acceptors (Lipinski definition) is 4. The average Bonchev–Trinajstić information content (AvgIpc) is 2.19. The molecule has 4 nitrogen and oxygen atoms in total. The molecule has 1 fully saturated rings. The maximum Gasteiger partial charge on any atom is 0.0484 e. The van der Waals surface area contributed by atoms with Gasteiger partial charge in [-0.2, -0.15) is 0 Å². The summed E-state index contributed by atoms with van der Waals surface area (Å²) in [5, 5.41) is 12.3. The van der Waals surface area contributed by atoms with E-state index in [4.69, 9.17) is 15.6 Å². The molecule has 0 spiro atoms. The molecular formula is C10H22N2O2. The van der Waals surface area contributed by atoms with Gasteiger partial charge in [0.05, 0.1) is 0 Å². The fourth-order valence-electron chi connectivity index (χ4n) is 1.96. The lowest BCUT2D eigenvalue weighted by Gasteiger charge is -2.39. The van der Waals surface area contributed by atoms with Crippen LogP contribution in [0.25, 0.3) is 0 Å². The van der Waals surface area contributed by atoms with E-state index in [1.807, 2.05) is 0 Å². The first-order valence-corrected chi connectivity index (χ1v) is 5.39. The Balaban J connectivity index is 2.42. The van der Waals surface area contributed by atoms with Crippen molar-refractivity contribution in [3.8, 4) is 0 Å². The maximum atomic E-state index is 8.83. The Hall–Kier alpha value is -0.160. The number of ether oxygens (including phenoxy) is 1. The molecule has 4 N–H and O–H groups in total. The second-order valence-electron chi connectivity index (χ2n) is 4.15. The van der Waals surface area contributed by atoms with Crippen LogP contribution in [0.2, 0.25) is 0 Å². The van der Waals surface area contributed by atoms with Crippen molar-refractivity contribution in [3.05, 3.63) is 0 Å². The van der Waals surface area contributed by atoms with E-state index in [9.17, 15) is 0 Å². The molecular weight excluding hydrogens is 180 g/mol. The average molecular weight is 202 g/mol. The molecule has 0 amide bonds. The summed E-state index contributed by atoms with van der Waals surface area (Å²) >= 11 is 0. The molecule has 84 valence electrons. The first-order valence-electron chi connectivity index (χ1n) is 5.39. The molecule has 1 atom stereocenters. The lowest BCUT2D eigenvalue weighted by atomic mass is 9.89. The minimum Gasteiger partial charge on any atom is -0.396 e. The van der Waals surface area contributed by atoms with Crippen LogP contribution in [0.3, 0.4) is 0 Å². The van der Waals surface area contributed by atoms with Gasteiger partial charge in [-0.05, 0) is 26.2 Å². The Morgan fingerprint density at radius 2 is 2.14 bits per heavy atom. The summed E-state index contributed by atoms with van der Waals surface area (Å²) in [6.45, 7) is 4.53. The minimum absolute atomic E-state index is 0.0346. The van der Waals surface area contributed by atoms with Gasteiger partial charge in [0.25, 0.3) is 0 Å². The molecule has 14 heavy (non-hydrogen) atoms. The molecule has 1 aliphatic heterocycles. The Morgan fingerprint density at radius 3 is 2.64 bits per heavy atom. The standard InChI is InChI=1S/C10H22N2O2/c1-9(2-5-13)12-10(8-11)3-6-14-7-4-10/h9,12-13H,2-8,11H2,1H3. The van der Waals surface area contributed by atoms with Crippen LogP contribution in [0.4, 0.5) is 0 Å². The molecule has 0 saturated carbocycles. The first-order chi connectivity index (χ1) is 6.72. The summed E-state index contributed by atoms with van der Waals surface area (Å²) in [7, 11) is 0. The Labute approximate surface area is 85.8 Å². The third-order valence-corrected chi connectivity index (χ3v) is 2.96. The molecule has 1 aliphatic rings. The molecule has 1 heterocycles. The summed E-state index contributed by atoms with van der Waals surface area (Å²) in [6, 6.07) is 0.321. The van der Waals surface area contributed by atoms with Gasteiger partial charge < -0.3 is 20.9 Å². The highest BCUT2D eigenvalue weighted by Gasteiger charge is 2.31. The van der Waals surface area contributed by atoms with Crippen molar-refractivity contribution >= 4 is 0 Å². The van der Waals surface area contributed by atoms with E-state index in [1.54, 1.807) is 0 Å². The zero-order valence-corrected chi connectivity index (χ0v) is 8.96. The van der Waals surface area contributed by atoms with Gasteiger partial charge in [0.15, 0.2) is 0 Å². The van der Waals surface area contributed by atoms with Crippen molar-refractivity contribution in [2.45, 2.75) is 37.8 Å². The number of nitrogens with two attached hydrogens (primary N) is 1. The lowest BCUT2D eigenvalue weighted by molar-refractivity contribution is 0.0361. The Morgan fingerprint density at radius 1 is 1.50 bits per heavy atom. The molecule has 0 aromatic carbocycles. The molecule has 0 aromatic rings. The first kappa shape index (κ1) is 11.9. The number of nitrogens with one attached hydrogen (secondary N) is 1. The largest absolute Gasteiger partial charge is 0.396 e. The highest BCUT2D eigenvalue weighted by molar-refractivity contribution is 4.92. The Kier molecular flexibility index (Phi) is 4.81. The minimum atomic E-state index is 0.0346. The number of aliphatic hydroxyl groups is 1. The SMILES string of the molecule is CC(CCO)NC1(CN)CCOCC1. The molecule has 0 aliphatic carbocycles. The fraction of sp³-hybridized carbons (Fsp3) is 1.00. The number of hydrogen-bond donors (Lipinski definition) is 3. The van der Waals surface area contributed by atoms with Gasteiger partial charge in [-0.1, -0.05) is 0 Å². The molecule has 4 heteroatoms. The van der Waals surface area contributed by atoms with E-state index in [1.165, 1.54) is 0 Å². The van der Waals surface area contributed by atoms with Crippen molar-refractivity contribution in [3.63, 3.8) is 0 Å². The third-order valence-electron chi connectivity index (χ3n) is 2.96. The van der Waals surface area contributed by atoms with Gasteiger partial charge >= 0.3 is 0 Å². The summed E-state index contributed by atoms with van der Waals surface area (Å²) in [6.07, 6.45) is 2.72. The van der Waals surface area contributed by atoms with E-state index < -0.39 is 0 Å². The van der Waals surface area contributed by atoms with E-state index in [0.29, 0.717) is 12.6 Å². The maximum absolute atomic E-state index is 8.83. The van der Waals surface area contributed by atoms with Crippen molar-refractivity contribution < 1.29 is 9.84 Å². The summed E-state index contributed by atoms with van der Waals surface area (Å²) < 4.78 is 5.32. The van der Waals surface area contributed by atoms with Crippen LogP contribution < -0.4 is 11.1 Å². The lowest BCUT2D eigenvalue weighted by Crippen LogP contribution is -2.57. The Bertz CT molecular complexity index is 158. The number of aliphatic hydroxyl groups excluding tert-OH is 1. The van der Waals surface area contributed by atoms with E-state index >= 15 is 0 Å². The van der Waals surface area contributed by atoms with Crippen LogP contribution in [0.5, 0.6) is 0 Å². The second kappa shape index (κ2) is 5.66. The van der Waals surface area contributed by atoms with Crippen molar-refractivity contribution in [1.82, 2.24) is 5.32 Å². The van der Waals surface area contributed by atoms with Gasteiger partial charge in [0.1, 0.15) is 0 Å². The highest BCUT2D eigenvalue weighted by atomic mass is 16.5. The fourth-order valence-corrected chi connectivity index (χ4v) is 1.96. The van der Waals surface area contributed by atoms with E-state index in [0.717, 1.165) is 32.5 Å². The van der Waals surface area contributed by atoms with Crippen LogP contribution in [0.15, 0.2) is 0 Å². The zero-order valence-electron chi connectivity index (χ0n) is 8.96. The van der Waals surface area contributed by atoms with Gasteiger partial charge in [0.2, 0.25) is 0 Å². The second-order valence-corrected chi connectivity index (χ2v) is 4.15. The molecule has 1 rings (SSSR count). The molecule has 0 radical (unpaired) electrons. The predicted octanol–water partition coefficient (Wildman–Crippen LogP) is -0.145. The van der Waals surface area contributed by atoms with Crippen molar-refractivity contribution in [2.24, 2.45) is 5.73 Å². The van der Waals surface area contributed by atoms with Crippen LogP contribution in [-0.4, -0.2) is 43.1 Å². The van der Waals surface area contributed by atoms with Crippen molar-refractivity contribution in [1.29, 1.82) is 0 Å². The normalized spacial score (nSPS) is 23.4. The molecule has 1 unspecified atom stereocenters. The van der Waals surface area contributed by atoms with Gasteiger partial charge in [-0.15, -0.1) is 0 Å². The van der Waals surface area contributed by atoms with E-state index in [2.05, 4.69) is 12.2 Å². The van der Waals surface area contributed by atoms with Crippen molar-refractivity contribution in [2.75, 3.05) is 26.4 Å². The van der Waals surface area contributed by atoms with Gasteiger partial charge in [-0.25, -0.2) is 0 Å². The van der Waals surface area contributed by atoms with E-state index in [-0.39, 0.29) is 12.1 Å². The number of rotatable bonds is 5. The monoisotopic (exact) mass is 202 g/mol. The summed E-state index contributed by atoms with van der Waals surface area (Å²) in [4.78, 5) is 0. The third kappa shape index (κ3) is 3.20. The molecule has 0 bridgehead atoms. The smallest absolute Gasteiger partial charge is 0.0484 e. The molecule has 1 saturated heterocycles. The van der Waals surface area contributed by atoms with Gasteiger partial charge in [-0.3, -0.25) is 0 Å². The highest BCUT2D eigenvalue weighted by Crippen LogP contribution is 2.20. The molecule has 0 aromatic heterocycles. The van der Waals surface area contributed by atoms with Crippen LogP contribution in [0.1, 0.15) is 26.2 Å². The zero-order chi connectivity index (χ0) is 10.4. The summed E-state index contributed by atoms with van der Waals surface area (Å²) in [5.74, 6) is 0.